The second-order valence-electron chi connectivity index (χ2n) is 4.53. The smallest absolute Gasteiger partial charge is 0.338 e. The number of ether oxygens (including phenoxy) is 1. The number of pyridine rings is 1. The van der Waals surface area contributed by atoms with Crippen LogP contribution >= 0.6 is 0 Å². The molecule has 1 heterocycles. The highest BCUT2D eigenvalue weighted by atomic mass is 16.6. The first-order valence-electron chi connectivity index (χ1n) is 6.62. The normalized spacial score (nSPS) is 10.2. The third-order valence-corrected chi connectivity index (χ3v) is 3.00. The number of hydrogen-bond donors (Lipinski definition) is 0. The Balaban J connectivity index is 2.21. The average Bonchev–Trinajstić information content (AvgIpc) is 2.50. The Morgan fingerprint density at radius 3 is 2.50 bits per heavy atom. The van der Waals surface area contributed by atoms with Crippen molar-refractivity contribution in [3.63, 3.8) is 0 Å². The fraction of sp³-hybridized carbons (Fsp3) is 0.200. The predicted molar refractivity (Wildman–Crippen MR) is 78.9 cm³/mol. The monoisotopic (exact) mass is 302 g/mol. The summed E-state index contributed by atoms with van der Waals surface area (Å²) in [6, 6.07) is 8.87. The third-order valence-electron chi connectivity index (χ3n) is 3.00. The Labute approximate surface area is 125 Å². The molecule has 0 N–H and O–H groups in total. The summed E-state index contributed by atoms with van der Waals surface area (Å²) in [7, 11) is 0. The van der Waals surface area contributed by atoms with E-state index in [1.807, 2.05) is 0 Å². The highest BCUT2D eigenvalue weighted by Gasteiger charge is 2.09. The Hall–Kier alpha value is -2.96. The van der Waals surface area contributed by atoms with Crippen molar-refractivity contribution >= 4 is 11.7 Å². The molecule has 1 aromatic heterocycles. The van der Waals surface area contributed by atoms with E-state index in [9.17, 15) is 19.7 Å². The molecule has 0 unspecified atom stereocenters. The molecule has 0 amide bonds. The summed E-state index contributed by atoms with van der Waals surface area (Å²) in [6.45, 7) is 2.20. The average molecular weight is 302 g/mol. The van der Waals surface area contributed by atoms with Crippen molar-refractivity contribution in [2.24, 2.45) is 0 Å². The van der Waals surface area contributed by atoms with Gasteiger partial charge in [0, 0.05) is 12.1 Å². The van der Waals surface area contributed by atoms with Gasteiger partial charge in [0.1, 0.15) is 0 Å². The van der Waals surface area contributed by atoms with Crippen LogP contribution in [0, 0.1) is 10.1 Å². The van der Waals surface area contributed by atoms with Gasteiger partial charge in [-0.3, -0.25) is 14.9 Å². The van der Waals surface area contributed by atoms with E-state index >= 15 is 0 Å². The molecule has 0 radical (unpaired) electrons. The van der Waals surface area contributed by atoms with Crippen molar-refractivity contribution < 1.29 is 14.5 Å². The van der Waals surface area contributed by atoms with Crippen LogP contribution < -0.4 is 5.56 Å². The van der Waals surface area contributed by atoms with Crippen LogP contribution in [-0.4, -0.2) is 22.1 Å². The Bertz CT molecular complexity index is 749. The number of nitro groups is 1. The zero-order chi connectivity index (χ0) is 16.1. The maximum absolute atomic E-state index is 11.7. The van der Waals surface area contributed by atoms with Gasteiger partial charge in [0.2, 0.25) is 0 Å². The van der Waals surface area contributed by atoms with Gasteiger partial charge in [-0.05, 0) is 24.6 Å². The fourth-order valence-electron chi connectivity index (χ4n) is 1.91. The lowest BCUT2D eigenvalue weighted by atomic mass is 10.1. The second-order valence-corrected chi connectivity index (χ2v) is 4.53. The molecule has 0 saturated carbocycles. The molecule has 7 heteroatoms. The lowest BCUT2D eigenvalue weighted by Crippen LogP contribution is -2.19. The highest BCUT2D eigenvalue weighted by molar-refractivity contribution is 5.89. The lowest BCUT2D eigenvalue weighted by molar-refractivity contribution is -0.385. The standard InChI is InChI=1S/C15H14N2O5/c1-2-22-15(19)12-5-3-11(4-6-12)9-16-10-13(17(20)21)7-8-14(16)18/h3-8,10H,2,9H2,1H3. The Morgan fingerprint density at radius 1 is 1.23 bits per heavy atom. The largest absolute Gasteiger partial charge is 0.462 e. The van der Waals surface area contributed by atoms with E-state index in [0.29, 0.717) is 12.2 Å². The van der Waals surface area contributed by atoms with Gasteiger partial charge < -0.3 is 9.30 Å². The van der Waals surface area contributed by atoms with Crippen LogP contribution in [0.25, 0.3) is 0 Å². The number of benzene rings is 1. The molecular weight excluding hydrogens is 288 g/mol. The molecule has 0 atom stereocenters. The van der Waals surface area contributed by atoms with Crippen LogP contribution in [-0.2, 0) is 11.3 Å². The number of carbonyl (C=O) groups excluding carboxylic acids is 1. The Morgan fingerprint density at radius 2 is 1.91 bits per heavy atom. The van der Waals surface area contributed by atoms with Crippen molar-refractivity contribution in [2.45, 2.75) is 13.5 Å². The molecule has 0 fully saturated rings. The molecular formula is C15H14N2O5. The molecule has 1 aromatic carbocycles. The van der Waals surface area contributed by atoms with E-state index in [-0.39, 0.29) is 17.8 Å². The van der Waals surface area contributed by atoms with Crippen molar-refractivity contribution in [1.29, 1.82) is 0 Å². The maximum Gasteiger partial charge on any atom is 0.338 e. The van der Waals surface area contributed by atoms with Crippen LogP contribution in [0.4, 0.5) is 5.69 Å². The van der Waals surface area contributed by atoms with Crippen LogP contribution in [0.15, 0.2) is 47.4 Å². The van der Waals surface area contributed by atoms with Gasteiger partial charge in [-0.1, -0.05) is 12.1 Å². The summed E-state index contributed by atoms with van der Waals surface area (Å²) in [5, 5.41) is 10.7. The molecule has 2 aromatic rings. The molecule has 0 saturated heterocycles. The van der Waals surface area contributed by atoms with Crippen LogP contribution in [0.5, 0.6) is 0 Å². The predicted octanol–water partition coefficient (Wildman–Crippen LogP) is 1.98. The summed E-state index contributed by atoms with van der Waals surface area (Å²) in [6.07, 6.45) is 1.20. The number of aromatic nitrogens is 1. The van der Waals surface area contributed by atoms with Gasteiger partial charge in [0.15, 0.2) is 0 Å². The van der Waals surface area contributed by atoms with Crippen molar-refractivity contribution in [3.8, 4) is 0 Å². The molecule has 0 spiro atoms. The summed E-state index contributed by atoms with van der Waals surface area (Å²) in [4.78, 5) is 33.4. The van der Waals surface area contributed by atoms with E-state index in [0.717, 1.165) is 11.6 Å². The quantitative estimate of drug-likeness (QED) is 0.478. The molecule has 7 nitrogen and oxygen atoms in total. The zero-order valence-electron chi connectivity index (χ0n) is 11.9. The number of esters is 1. The van der Waals surface area contributed by atoms with E-state index in [2.05, 4.69) is 0 Å². The first-order valence-corrected chi connectivity index (χ1v) is 6.62. The highest BCUT2D eigenvalue weighted by Crippen LogP contribution is 2.10. The van der Waals surface area contributed by atoms with Crippen molar-refractivity contribution in [3.05, 3.63) is 74.2 Å². The number of carbonyl (C=O) groups is 1. The molecule has 114 valence electrons. The van der Waals surface area contributed by atoms with E-state index < -0.39 is 10.9 Å². The second kappa shape index (κ2) is 6.66. The number of rotatable bonds is 5. The van der Waals surface area contributed by atoms with Gasteiger partial charge in [-0.25, -0.2) is 4.79 Å². The van der Waals surface area contributed by atoms with Gasteiger partial charge in [-0.15, -0.1) is 0 Å². The summed E-state index contributed by atoms with van der Waals surface area (Å²) < 4.78 is 6.13. The van der Waals surface area contributed by atoms with Gasteiger partial charge in [0.25, 0.3) is 11.2 Å². The van der Waals surface area contributed by atoms with Gasteiger partial charge in [0.05, 0.1) is 29.8 Å². The van der Waals surface area contributed by atoms with Crippen LogP contribution in [0.3, 0.4) is 0 Å². The molecule has 0 aliphatic carbocycles. The van der Waals surface area contributed by atoms with Gasteiger partial charge >= 0.3 is 5.97 Å². The van der Waals surface area contributed by atoms with Gasteiger partial charge in [-0.2, -0.15) is 0 Å². The fourth-order valence-corrected chi connectivity index (χ4v) is 1.91. The van der Waals surface area contributed by atoms with Crippen LogP contribution in [0.2, 0.25) is 0 Å². The topological polar surface area (TPSA) is 91.4 Å². The third kappa shape index (κ3) is 3.57. The van der Waals surface area contributed by atoms with E-state index in [1.165, 1.54) is 16.8 Å². The minimum absolute atomic E-state index is 0.150. The number of hydrogen-bond acceptors (Lipinski definition) is 5. The number of nitrogens with zero attached hydrogens (tertiary/aromatic N) is 2. The molecule has 0 aliphatic rings. The Kier molecular flexibility index (Phi) is 4.67. The molecule has 0 aliphatic heterocycles. The SMILES string of the molecule is CCOC(=O)c1ccc(Cn2cc([N+](=O)[O-])ccc2=O)cc1. The zero-order valence-corrected chi connectivity index (χ0v) is 11.9. The lowest BCUT2D eigenvalue weighted by Gasteiger charge is -2.06. The summed E-state index contributed by atoms with van der Waals surface area (Å²) in [5.74, 6) is -0.415. The summed E-state index contributed by atoms with van der Waals surface area (Å²) in [5.41, 5.74) is 0.676. The van der Waals surface area contributed by atoms with E-state index in [1.54, 1.807) is 31.2 Å². The molecule has 0 bridgehead atoms. The summed E-state index contributed by atoms with van der Waals surface area (Å²) >= 11 is 0. The van der Waals surface area contributed by atoms with Crippen molar-refractivity contribution in [1.82, 2.24) is 4.57 Å². The van der Waals surface area contributed by atoms with Crippen molar-refractivity contribution in [2.75, 3.05) is 6.61 Å². The molecule has 2 rings (SSSR count). The van der Waals surface area contributed by atoms with E-state index in [4.69, 9.17) is 4.74 Å². The first-order chi connectivity index (χ1) is 10.5. The first kappa shape index (κ1) is 15.4. The van der Waals surface area contributed by atoms with Crippen LogP contribution in [0.1, 0.15) is 22.8 Å². The maximum atomic E-state index is 11.7. The minimum Gasteiger partial charge on any atom is -0.462 e. The molecule has 22 heavy (non-hydrogen) atoms. The minimum atomic E-state index is -0.556.